The zero-order valence-corrected chi connectivity index (χ0v) is 17.3. The molecule has 160 valence electrons. The van der Waals surface area contributed by atoms with Crippen LogP contribution in [0.3, 0.4) is 0 Å². The fourth-order valence-corrected chi connectivity index (χ4v) is 8.22. The highest BCUT2D eigenvalue weighted by molar-refractivity contribution is 5.66. The number of aliphatic carboxylic acids is 1. The summed E-state index contributed by atoms with van der Waals surface area (Å²) in [5, 5.41) is 20.1. The lowest BCUT2D eigenvalue weighted by Gasteiger charge is -2.62. The molecular formula is C23H36F2O3. The number of carboxylic acids is 1. The molecule has 0 saturated heterocycles. The van der Waals surface area contributed by atoms with E-state index in [1.54, 1.807) is 0 Å². The number of hydrogen-bond donors (Lipinski definition) is 2. The predicted octanol–water partition coefficient (Wildman–Crippen LogP) is 5.51. The molecule has 0 bridgehead atoms. The van der Waals surface area contributed by atoms with Crippen LogP contribution >= 0.6 is 0 Å². The Morgan fingerprint density at radius 1 is 1.04 bits per heavy atom. The minimum atomic E-state index is -2.57. The Balaban J connectivity index is 1.53. The van der Waals surface area contributed by atoms with Crippen LogP contribution in [0.1, 0.15) is 84.5 Å². The van der Waals surface area contributed by atoms with Gasteiger partial charge in [-0.25, -0.2) is 8.78 Å². The molecule has 5 heteroatoms. The molecule has 4 fully saturated rings. The van der Waals surface area contributed by atoms with Gasteiger partial charge in [-0.1, -0.05) is 13.8 Å². The van der Waals surface area contributed by atoms with Crippen LogP contribution in [0, 0.1) is 40.4 Å². The highest BCUT2D eigenvalue weighted by Crippen LogP contribution is 2.68. The first kappa shape index (κ1) is 20.6. The SMILES string of the molecule is CC12CC[C@H]3C(C(O)CC4CC(F)(F)CCC43C)C1CCC2CCCC(=O)O. The van der Waals surface area contributed by atoms with E-state index in [-0.39, 0.29) is 41.9 Å². The number of rotatable bonds is 4. The number of halogens is 2. The van der Waals surface area contributed by atoms with Crippen molar-refractivity contribution in [2.45, 2.75) is 96.5 Å². The van der Waals surface area contributed by atoms with Crippen LogP contribution in [0.15, 0.2) is 0 Å². The van der Waals surface area contributed by atoms with E-state index in [1.807, 2.05) is 0 Å². The summed E-state index contributed by atoms with van der Waals surface area (Å²) in [5.41, 5.74) is 0.108. The molecule has 0 aromatic heterocycles. The summed E-state index contributed by atoms with van der Waals surface area (Å²) in [6.45, 7) is 4.60. The Hall–Kier alpha value is -0.710. The second-order valence-corrected chi connectivity index (χ2v) is 11.0. The lowest BCUT2D eigenvalue weighted by Crippen LogP contribution is -2.59. The minimum absolute atomic E-state index is 0.000929. The molecule has 4 saturated carbocycles. The summed E-state index contributed by atoms with van der Waals surface area (Å²) in [4.78, 5) is 10.9. The number of carbonyl (C=O) groups is 1. The molecule has 0 radical (unpaired) electrons. The zero-order chi connectivity index (χ0) is 20.3. The third-order valence-electron chi connectivity index (χ3n) is 9.80. The van der Waals surface area contributed by atoms with E-state index in [1.165, 1.54) is 0 Å². The predicted molar refractivity (Wildman–Crippen MR) is 103 cm³/mol. The van der Waals surface area contributed by atoms with Gasteiger partial charge in [-0.15, -0.1) is 0 Å². The van der Waals surface area contributed by atoms with Crippen molar-refractivity contribution in [1.29, 1.82) is 0 Å². The van der Waals surface area contributed by atoms with E-state index in [9.17, 15) is 18.7 Å². The number of alkyl halides is 2. The molecule has 0 spiro atoms. The van der Waals surface area contributed by atoms with E-state index >= 15 is 0 Å². The van der Waals surface area contributed by atoms with Gasteiger partial charge < -0.3 is 10.2 Å². The molecular weight excluding hydrogens is 362 g/mol. The molecule has 0 amide bonds. The van der Waals surface area contributed by atoms with E-state index in [0.717, 1.165) is 38.5 Å². The third kappa shape index (κ3) is 3.20. The average molecular weight is 399 g/mol. The second kappa shape index (κ2) is 6.92. The topological polar surface area (TPSA) is 57.5 Å². The van der Waals surface area contributed by atoms with Gasteiger partial charge >= 0.3 is 5.97 Å². The Bertz CT molecular complexity index is 623. The summed E-state index contributed by atoms with van der Waals surface area (Å²) < 4.78 is 28.2. The maximum Gasteiger partial charge on any atom is 0.303 e. The maximum absolute atomic E-state index is 14.1. The molecule has 0 aromatic rings. The van der Waals surface area contributed by atoms with Gasteiger partial charge in [-0.3, -0.25) is 4.79 Å². The minimum Gasteiger partial charge on any atom is -0.481 e. The van der Waals surface area contributed by atoms with Crippen LogP contribution in [0.25, 0.3) is 0 Å². The maximum atomic E-state index is 14.1. The second-order valence-electron chi connectivity index (χ2n) is 11.0. The lowest BCUT2D eigenvalue weighted by molar-refractivity contribution is -0.195. The van der Waals surface area contributed by atoms with Gasteiger partial charge in [-0.05, 0) is 91.8 Å². The first-order valence-electron chi connectivity index (χ1n) is 11.3. The van der Waals surface area contributed by atoms with E-state index in [0.29, 0.717) is 30.6 Å². The van der Waals surface area contributed by atoms with Crippen LogP contribution in [0.5, 0.6) is 0 Å². The molecule has 4 aliphatic carbocycles. The van der Waals surface area contributed by atoms with Crippen molar-refractivity contribution >= 4 is 5.97 Å². The fourth-order valence-electron chi connectivity index (χ4n) is 8.22. The quantitative estimate of drug-likeness (QED) is 0.657. The Morgan fingerprint density at radius 3 is 2.46 bits per heavy atom. The standard InChI is InChI=1S/C23H36F2O3/c1-21-9-8-17-20(16(21)7-6-14(21)4-3-5-19(27)28)18(26)12-15-13-23(24,25)11-10-22(15,17)2/h14-18,20,26H,3-13H2,1-2H3,(H,27,28)/t14?,15?,16?,17-,18?,20?,21?,22?/m0/s1. The first-order valence-corrected chi connectivity index (χ1v) is 11.3. The van der Waals surface area contributed by atoms with Crippen molar-refractivity contribution < 1.29 is 23.8 Å². The van der Waals surface area contributed by atoms with Gasteiger partial charge in [0, 0.05) is 19.3 Å². The van der Waals surface area contributed by atoms with Crippen molar-refractivity contribution in [1.82, 2.24) is 0 Å². The zero-order valence-electron chi connectivity index (χ0n) is 17.3. The summed E-state index contributed by atoms with van der Waals surface area (Å²) in [5.74, 6) is -1.78. The Morgan fingerprint density at radius 2 is 1.75 bits per heavy atom. The molecule has 4 aliphatic rings. The van der Waals surface area contributed by atoms with Gasteiger partial charge in [0.15, 0.2) is 0 Å². The van der Waals surface area contributed by atoms with Crippen LogP contribution in [0.2, 0.25) is 0 Å². The highest BCUT2D eigenvalue weighted by atomic mass is 19.3. The van der Waals surface area contributed by atoms with E-state index in [2.05, 4.69) is 13.8 Å². The van der Waals surface area contributed by atoms with Crippen molar-refractivity contribution in [3.8, 4) is 0 Å². The van der Waals surface area contributed by atoms with Gasteiger partial charge in [0.2, 0.25) is 5.92 Å². The van der Waals surface area contributed by atoms with Crippen molar-refractivity contribution in [3.05, 3.63) is 0 Å². The van der Waals surface area contributed by atoms with Crippen molar-refractivity contribution in [2.75, 3.05) is 0 Å². The smallest absolute Gasteiger partial charge is 0.303 e. The summed E-state index contributed by atoms with van der Waals surface area (Å²) in [6.07, 6.45) is 6.88. The van der Waals surface area contributed by atoms with Crippen LogP contribution in [-0.4, -0.2) is 28.2 Å². The molecule has 3 nitrogen and oxygen atoms in total. The first-order chi connectivity index (χ1) is 13.1. The van der Waals surface area contributed by atoms with Crippen molar-refractivity contribution in [3.63, 3.8) is 0 Å². The Kier molecular flexibility index (Phi) is 5.08. The molecule has 2 N–H and O–H groups in total. The lowest BCUT2D eigenvalue weighted by atomic mass is 9.44. The average Bonchev–Trinajstić information content (AvgIpc) is 2.93. The van der Waals surface area contributed by atoms with Gasteiger partial charge in [0.25, 0.3) is 0 Å². The molecule has 8 atom stereocenters. The molecule has 0 heterocycles. The number of fused-ring (bicyclic) bond motifs is 5. The molecule has 7 unspecified atom stereocenters. The van der Waals surface area contributed by atoms with Crippen LogP contribution in [-0.2, 0) is 4.79 Å². The van der Waals surface area contributed by atoms with Gasteiger partial charge in [0.1, 0.15) is 0 Å². The van der Waals surface area contributed by atoms with Gasteiger partial charge in [0.05, 0.1) is 6.10 Å². The van der Waals surface area contributed by atoms with Crippen molar-refractivity contribution in [2.24, 2.45) is 40.4 Å². The molecule has 4 rings (SSSR count). The summed E-state index contributed by atoms with van der Waals surface area (Å²) in [7, 11) is 0. The van der Waals surface area contributed by atoms with Crippen LogP contribution < -0.4 is 0 Å². The fraction of sp³-hybridized carbons (Fsp3) is 0.957. The van der Waals surface area contributed by atoms with Crippen LogP contribution in [0.4, 0.5) is 8.78 Å². The highest BCUT2D eigenvalue weighted by Gasteiger charge is 2.63. The molecule has 0 aliphatic heterocycles. The largest absolute Gasteiger partial charge is 0.481 e. The van der Waals surface area contributed by atoms with Gasteiger partial charge in [-0.2, -0.15) is 0 Å². The molecule has 28 heavy (non-hydrogen) atoms. The monoisotopic (exact) mass is 398 g/mol. The normalized spacial score (nSPS) is 49.8. The summed E-state index contributed by atoms with van der Waals surface area (Å²) >= 11 is 0. The number of hydrogen-bond acceptors (Lipinski definition) is 2. The number of aliphatic hydroxyl groups is 1. The van der Waals surface area contributed by atoms with E-state index < -0.39 is 18.0 Å². The third-order valence-corrected chi connectivity index (χ3v) is 9.80. The van der Waals surface area contributed by atoms with E-state index in [4.69, 9.17) is 5.11 Å². The number of aliphatic hydroxyl groups excluding tert-OH is 1. The Labute approximate surface area is 167 Å². The molecule has 0 aromatic carbocycles. The summed E-state index contributed by atoms with van der Waals surface area (Å²) in [6, 6.07) is 0. The number of carboxylic acid groups (broad SMARTS) is 1.